The first kappa shape index (κ1) is 25.8. The van der Waals surface area contributed by atoms with Gasteiger partial charge < -0.3 is 5.32 Å². The SMILES string of the molecule is Cc1cccc(-c2cccc(CN3CCC4(CC3)C(NC3CCCCC3)=NC(=O)N4c3cccc(F)c3)c2)c1. The summed E-state index contributed by atoms with van der Waals surface area (Å²) >= 11 is 0. The van der Waals surface area contributed by atoms with Crippen LogP contribution in [0.4, 0.5) is 14.9 Å². The molecular weight excluding hydrogens is 487 g/mol. The van der Waals surface area contributed by atoms with Crippen molar-refractivity contribution in [3.63, 3.8) is 0 Å². The number of hydrogen-bond acceptors (Lipinski definition) is 3. The Morgan fingerprint density at radius 1 is 0.923 bits per heavy atom. The van der Waals surface area contributed by atoms with Crippen LogP contribution < -0.4 is 10.2 Å². The second-order valence-corrected chi connectivity index (χ2v) is 11.4. The molecule has 0 unspecified atom stereocenters. The van der Waals surface area contributed by atoms with Crippen LogP contribution in [0.5, 0.6) is 0 Å². The number of likely N-dealkylation sites (tertiary alicyclic amines) is 1. The third-order valence-electron chi connectivity index (χ3n) is 8.65. The standard InChI is InChI=1S/C33H37FN4O/c1-24-8-5-10-26(20-24)27-11-6-9-25(21-27)23-37-18-16-33(17-19-37)31(35-29-13-3-2-4-14-29)36-32(39)38(33)30-15-7-12-28(34)22-30/h5-12,15,20-22,29H,2-4,13-14,16-19,23H2,1H3,(H,35,36,39). The lowest BCUT2D eigenvalue weighted by molar-refractivity contribution is 0.181. The minimum Gasteiger partial charge on any atom is -0.369 e. The summed E-state index contributed by atoms with van der Waals surface area (Å²) in [5.74, 6) is 0.444. The molecule has 0 bridgehead atoms. The van der Waals surface area contributed by atoms with Crippen molar-refractivity contribution in [2.24, 2.45) is 4.99 Å². The average Bonchev–Trinajstić information content (AvgIpc) is 3.20. The van der Waals surface area contributed by atoms with Gasteiger partial charge in [0.1, 0.15) is 17.2 Å². The Balaban J connectivity index is 1.22. The minimum atomic E-state index is -0.567. The number of urea groups is 1. The Morgan fingerprint density at radius 3 is 2.38 bits per heavy atom. The second kappa shape index (κ2) is 10.9. The van der Waals surface area contributed by atoms with E-state index in [1.807, 2.05) is 6.07 Å². The lowest BCUT2D eigenvalue weighted by atomic mass is 9.83. The number of rotatable bonds is 5. The van der Waals surface area contributed by atoms with Gasteiger partial charge in [-0.05, 0) is 73.6 Å². The molecule has 2 fully saturated rings. The first-order chi connectivity index (χ1) is 19.0. The largest absolute Gasteiger partial charge is 0.369 e. The van der Waals surface area contributed by atoms with E-state index in [4.69, 9.17) is 0 Å². The predicted octanol–water partition coefficient (Wildman–Crippen LogP) is 7.10. The molecule has 6 heteroatoms. The lowest BCUT2D eigenvalue weighted by Gasteiger charge is -2.45. The summed E-state index contributed by atoms with van der Waals surface area (Å²) in [7, 11) is 0. The maximum Gasteiger partial charge on any atom is 0.350 e. The maximum absolute atomic E-state index is 14.3. The highest BCUT2D eigenvalue weighted by molar-refractivity contribution is 6.16. The zero-order valence-electron chi connectivity index (χ0n) is 22.7. The van der Waals surface area contributed by atoms with Crippen molar-refractivity contribution < 1.29 is 9.18 Å². The van der Waals surface area contributed by atoms with Gasteiger partial charge >= 0.3 is 6.03 Å². The molecule has 1 spiro atoms. The molecule has 2 heterocycles. The Kier molecular flexibility index (Phi) is 7.22. The monoisotopic (exact) mass is 524 g/mol. The smallest absolute Gasteiger partial charge is 0.350 e. The van der Waals surface area contributed by atoms with E-state index in [1.54, 1.807) is 11.0 Å². The summed E-state index contributed by atoms with van der Waals surface area (Å²) in [6.07, 6.45) is 7.39. The number of piperidine rings is 1. The topological polar surface area (TPSA) is 47.9 Å². The summed E-state index contributed by atoms with van der Waals surface area (Å²) in [5.41, 5.74) is 5.02. The molecule has 3 aromatic carbocycles. The quantitative estimate of drug-likeness (QED) is 0.387. The van der Waals surface area contributed by atoms with Crippen LogP contribution in [0.1, 0.15) is 56.1 Å². The first-order valence-corrected chi connectivity index (χ1v) is 14.3. The van der Waals surface area contributed by atoms with Crippen LogP contribution in [0, 0.1) is 12.7 Å². The van der Waals surface area contributed by atoms with Gasteiger partial charge in [-0.1, -0.05) is 73.4 Å². The molecule has 6 rings (SSSR count). The van der Waals surface area contributed by atoms with Crippen LogP contribution in [0.3, 0.4) is 0 Å². The number of hydrogen-bond donors (Lipinski definition) is 1. The fourth-order valence-electron chi connectivity index (χ4n) is 6.59. The molecule has 1 N–H and O–H groups in total. The van der Waals surface area contributed by atoms with Crippen LogP contribution in [0.25, 0.3) is 11.1 Å². The molecule has 1 saturated carbocycles. The highest BCUT2D eigenvalue weighted by atomic mass is 19.1. The van der Waals surface area contributed by atoms with Crippen LogP contribution in [-0.4, -0.2) is 41.4 Å². The number of amidine groups is 1. The number of aryl methyl sites for hydroxylation is 1. The summed E-state index contributed by atoms with van der Waals surface area (Å²) in [6.45, 7) is 4.64. The number of aliphatic imine (C=N–C) groups is 1. The molecule has 2 aliphatic heterocycles. The van der Waals surface area contributed by atoms with Crippen molar-refractivity contribution in [2.75, 3.05) is 18.0 Å². The average molecular weight is 525 g/mol. The number of anilines is 1. The van der Waals surface area contributed by atoms with E-state index in [2.05, 4.69) is 70.7 Å². The number of benzene rings is 3. The Morgan fingerprint density at radius 2 is 1.64 bits per heavy atom. The predicted molar refractivity (Wildman–Crippen MR) is 156 cm³/mol. The Bertz CT molecular complexity index is 1370. The fourth-order valence-corrected chi connectivity index (χ4v) is 6.59. The molecule has 1 aliphatic carbocycles. The molecule has 3 aromatic rings. The number of halogens is 1. The molecule has 39 heavy (non-hydrogen) atoms. The van der Waals surface area contributed by atoms with Gasteiger partial charge in [0, 0.05) is 31.4 Å². The van der Waals surface area contributed by atoms with Gasteiger partial charge in [0.25, 0.3) is 0 Å². The lowest BCUT2D eigenvalue weighted by Crippen LogP contribution is -2.62. The van der Waals surface area contributed by atoms with Crippen molar-refractivity contribution in [3.05, 3.63) is 89.7 Å². The number of carbonyl (C=O) groups excluding carboxylic acids is 1. The van der Waals surface area contributed by atoms with Gasteiger partial charge in [0.2, 0.25) is 0 Å². The highest BCUT2D eigenvalue weighted by Gasteiger charge is 2.52. The second-order valence-electron chi connectivity index (χ2n) is 11.4. The molecule has 2 amide bonds. The molecule has 5 nitrogen and oxygen atoms in total. The molecule has 202 valence electrons. The maximum atomic E-state index is 14.3. The van der Waals surface area contributed by atoms with E-state index in [1.165, 1.54) is 53.6 Å². The van der Waals surface area contributed by atoms with E-state index in [0.717, 1.165) is 51.2 Å². The Hall–Kier alpha value is -3.51. The normalized spacial score (nSPS) is 19.9. The molecule has 0 radical (unpaired) electrons. The third-order valence-corrected chi connectivity index (χ3v) is 8.65. The van der Waals surface area contributed by atoms with Gasteiger partial charge in [-0.15, -0.1) is 0 Å². The fraction of sp³-hybridized carbons (Fsp3) is 0.394. The zero-order valence-corrected chi connectivity index (χ0v) is 22.7. The van der Waals surface area contributed by atoms with Gasteiger partial charge in [-0.3, -0.25) is 9.80 Å². The van der Waals surface area contributed by atoms with Crippen molar-refractivity contribution in [2.45, 2.75) is 70.0 Å². The molecule has 0 atom stereocenters. The van der Waals surface area contributed by atoms with Gasteiger partial charge in [-0.2, -0.15) is 4.99 Å². The minimum absolute atomic E-state index is 0.293. The Labute approximate surface area is 230 Å². The van der Waals surface area contributed by atoms with Crippen LogP contribution >= 0.6 is 0 Å². The summed E-state index contributed by atoms with van der Waals surface area (Å²) < 4.78 is 14.3. The van der Waals surface area contributed by atoms with E-state index < -0.39 is 5.54 Å². The summed E-state index contributed by atoms with van der Waals surface area (Å²) in [4.78, 5) is 22.1. The van der Waals surface area contributed by atoms with Crippen molar-refractivity contribution in [1.29, 1.82) is 0 Å². The van der Waals surface area contributed by atoms with Gasteiger partial charge in [-0.25, -0.2) is 9.18 Å². The number of amides is 2. The number of nitrogens with one attached hydrogen (secondary N) is 1. The third kappa shape index (κ3) is 5.35. The number of nitrogens with zero attached hydrogens (tertiary/aromatic N) is 3. The first-order valence-electron chi connectivity index (χ1n) is 14.3. The van der Waals surface area contributed by atoms with E-state index in [9.17, 15) is 9.18 Å². The van der Waals surface area contributed by atoms with Gasteiger partial charge in [0.15, 0.2) is 0 Å². The summed E-state index contributed by atoms with van der Waals surface area (Å²) in [5, 5.41) is 3.69. The highest BCUT2D eigenvalue weighted by Crippen LogP contribution is 2.39. The van der Waals surface area contributed by atoms with E-state index in [0.29, 0.717) is 11.7 Å². The van der Waals surface area contributed by atoms with Crippen molar-refractivity contribution in [3.8, 4) is 11.1 Å². The molecule has 1 saturated heterocycles. The molecule has 0 aromatic heterocycles. The number of carbonyl (C=O) groups is 1. The van der Waals surface area contributed by atoms with E-state index >= 15 is 0 Å². The van der Waals surface area contributed by atoms with E-state index in [-0.39, 0.29) is 11.8 Å². The van der Waals surface area contributed by atoms with Crippen LogP contribution in [0.15, 0.2) is 77.8 Å². The van der Waals surface area contributed by atoms with Crippen LogP contribution in [0.2, 0.25) is 0 Å². The van der Waals surface area contributed by atoms with Crippen molar-refractivity contribution in [1.82, 2.24) is 10.2 Å². The molecule has 3 aliphatic rings. The van der Waals surface area contributed by atoms with Gasteiger partial charge in [0.05, 0.1) is 0 Å². The molecular formula is C33H37FN4O. The summed E-state index contributed by atoms with van der Waals surface area (Å²) in [6, 6.07) is 23.8. The zero-order chi connectivity index (χ0) is 26.8. The van der Waals surface area contributed by atoms with Crippen LogP contribution in [-0.2, 0) is 6.54 Å². The van der Waals surface area contributed by atoms with Crippen molar-refractivity contribution >= 4 is 17.6 Å².